The highest BCUT2D eigenvalue weighted by molar-refractivity contribution is 5.71. The highest BCUT2D eigenvalue weighted by atomic mass is 16.6. The third-order valence-corrected chi connectivity index (χ3v) is 10.5. The SMILES string of the molecule is CCCCCCCCCCCCCCCC(=O)O[C@H](COC(=O)CCCCCCCCC)COC(=O)CCCCCCCCCCCCCCC(C)C. The maximum absolute atomic E-state index is 12.7. The summed E-state index contributed by atoms with van der Waals surface area (Å²) in [5, 5.41) is 0. The predicted octanol–water partition coefficient (Wildman–Crippen LogP) is 14.7. The molecule has 6 heteroatoms. The van der Waals surface area contributed by atoms with Gasteiger partial charge in [0, 0.05) is 19.3 Å². The molecule has 0 rings (SSSR count). The molecule has 0 radical (unpaired) electrons. The molecule has 314 valence electrons. The molecule has 0 unspecified atom stereocenters. The molecule has 0 aliphatic heterocycles. The molecule has 0 saturated heterocycles. The van der Waals surface area contributed by atoms with Crippen LogP contribution in [0.3, 0.4) is 0 Å². The van der Waals surface area contributed by atoms with Crippen molar-refractivity contribution >= 4 is 17.9 Å². The fraction of sp³-hybridized carbons (Fsp3) is 0.936. The Labute approximate surface area is 329 Å². The first kappa shape index (κ1) is 51.4. The molecule has 0 saturated carbocycles. The summed E-state index contributed by atoms with van der Waals surface area (Å²) in [4.78, 5) is 37.6. The molecule has 0 N–H and O–H groups in total. The largest absolute Gasteiger partial charge is 0.462 e. The topological polar surface area (TPSA) is 78.9 Å². The quantitative estimate of drug-likeness (QED) is 0.0351. The molecule has 0 aromatic carbocycles. The molecule has 0 spiro atoms. The van der Waals surface area contributed by atoms with Crippen LogP contribution in [0, 0.1) is 5.92 Å². The average molecular weight is 751 g/mol. The van der Waals surface area contributed by atoms with Crippen LogP contribution in [0.15, 0.2) is 0 Å². The first-order valence-corrected chi connectivity index (χ1v) is 23.4. The van der Waals surface area contributed by atoms with Gasteiger partial charge in [-0.25, -0.2) is 0 Å². The van der Waals surface area contributed by atoms with Crippen LogP contribution in [0.25, 0.3) is 0 Å². The van der Waals surface area contributed by atoms with Gasteiger partial charge in [0.1, 0.15) is 13.2 Å². The van der Waals surface area contributed by atoms with Crippen molar-refractivity contribution < 1.29 is 28.6 Å². The van der Waals surface area contributed by atoms with Crippen molar-refractivity contribution in [3.05, 3.63) is 0 Å². The molecule has 53 heavy (non-hydrogen) atoms. The molecule has 0 aromatic heterocycles. The minimum Gasteiger partial charge on any atom is -0.462 e. The van der Waals surface area contributed by atoms with Crippen molar-refractivity contribution in [2.75, 3.05) is 13.2 Å². The van der Waals surface area contributed by atoms with Gasteiger partial charge in [-0.3, -0.25) is 14.4 Å². The highest BCUT2D eigenvalue weighted by Crippen LogP contribution is 2.16. The number of ether oxygens (including phenoxy) is 3. The van der Waals surface area contributed by atoms with Gasteiger partial charge in [0.25, 0.3) is 0 Å². The molecule has 0 aliphatic rings. The maximum atomic E-state index is 12.7. The molecule has 0 heterocycles. The van der Waals surface area contributed by atoms with Crippen molar-refractivity contribution in [2.45, 2.75) is 265 Å². The van der Waals surface area contributed by atoms with Gasteiger partial charge in [0.2, 0.25) is 0 Å². The van der Waals surface area contributed by atoms with E-state index in [1.165, 1.54) is 154 Å². The summed E-state index contributed by atoms with van der Waals surface area (Å²) in [6, 6.07) is 0. The van der Waals surface area contributed by atoms with Crippen molar-refractivity contribution in [1.82, 2.24) is 0 Å². The molecule has 0 bridgehead atoms. The summed E-state index contributed by atoms with van der Waals surface area (Å²) in [7, 11) is 0. The fourth-order valence-corrected chi connectivity index (χ4v) is 6.98. The minimum atomic E-state index is -0.758. The summed E-state index contributed by atoms with van der Waals surface area (Å²) in [6.45, 7) is 8.97. The monoisotopic (exact) mass is 751 g/mol. The van der Waals surface area contributed by atoms with Crippen LogP contribution in [0.2, 0.25) is 0 Å². The molecule has 6 nitrogen and oxygen atoms in total. The van der Waals surface area contributed by atoms with E-state index in [1.54, 1.807) is 0 Å². The van der Waals surface area contributed by atoms with Crippen molar-refractivity contribution in [3.8, 4) is 0 Å². The van der Waals surface area contributed by atoms with E-state index in [1.807, 2.05) is 0 Å². The maximum Gasteiger partial charge on any atom is 0.306 e. The van der Waals surface area contributed by atoms with Gasteiger partial charge in [-0.1, -0.05) is 220 Å². The Morgan fingerprint density at radius 1 is 0.358 bits per heavy atom. The Balaban J connectivity index is 4.24. The number of carbonyl (C=O) groups excluding carboxylic acids is 3. The van der Waals surface area contributed by atoms with E-state index in [-0.39, 0.29) is 31.1 Å². The smallest absolute Gasteiger partial charge is 0.306 e. The van der Waals surface area contributed by atoms with Crippen LogP contribution < -0.4 is 0 Å². The number of carbonyl (C=O) groups is 3. The van der Waals surface area contributed by atoms with Gasteiger partial charge >= 0.3 is 17.9 Å². The lowest BCUT2D eigenvalue weighted by atomic mass is 10.0. The van der Waals surface area contributed by atoms with Gasteiger partial charge < -0.3 is 14.2 Å². The normalized spacial score (nSPS) is 11.9. The molecule has 1 atom stereocenters. The van der Waals surface area contributed by atoms with E-state index < -0.39 is 6.10 Å². The number of hydrogen-bond donors (Lipinski definition) is 0. The third kappa shape index (κ3) is 41.4. The lowest BCUT2D eigenvalue weighted by molar-refractivity contribution is -0.167. The van der Waals surface area contributed by atoms with E-state index in [9.17, 15) is 14.4 Å². The zero-order valence-electron chi connectivity index (χ0n) is 36.0. The lowest BCUT2D eigenvalue weighted by Gasteiger charge is -2.18. The average Bonchev–Trinajstić information content (AvgIpc) is 3.14. The summed E-state index contributed by atoms with van der Waals surface area (Å²) in [6.07, 6.45) is 40.9. The number of esters is 3. The first-order valence-electron chi connectivity index (χ1n) is 23.4. The number of hydrogen-bond acceptors (Lipinski definition) is 6. The van der Waals surface area contributed by atoms with Gasteiger partial charge in [-0.05, 0) is 25.2 Å². The molecule has 0 aromatic rings. The highest BCUT2D eigenvalue weighted by Gasteiger charge is 2.19. The Morgan fingerprint density at radius 2 is 0.623 bits per heavy atom. The Hall–Kier alpha value is -1.59. The number of unbranched alkanes of at least 4 members (excludes halogenated alkanes) is 29. The van der Waals surface area contributed by atoms with E-state index in [0.717, 1.165) is 63.7 Å². The van der Waals surface area contributed by atoms with Crippen molar-refractivity contribution in [2.24, 2.45) is 5.92 Å². The second-order valence-corrected chi connectivity index (χ2v) is 16.5. The molecule has 0 fully saturated rings. The van der Waals surface area contributed by atoms with Crippen molar-refractivity contribution in [3.63, 3.8) is 0 Å². The summed E-state index contributed by atoms with van der Waals surface area (Å²) >= 11 is 0. The second kappa shape index (κ2) is 41.6. The summed E-state index contributed by atoms with van der Waals surface area (Å²) < 4.78 is 16.7. The molecule has 0 amide bonds. The van der Waals surface area contributed by atoms with Crippen LogP contribution in [-0.4, -0.2) is 37.2 Å². The predicted molar refractivity (Wildman–Crippen MR) is 224 cm³/mol. The van der Waals surface area contributed by atoms with E-state index in [4.69, 9.17) is 14.2 Å². The Kier molecular flexibility index (Phi) is 40.3. The third-order valence-electron chi connectivity index (χ3n) is 10.5. The molecular formula is C47H90O6. The zero-order chi connectivity index (χ0) is 38.9. The molecular weight excluding hydrogens is 661 g/mol. The number of rotatable bonds is 42. The molecule has 0 aliphatic carbocycles. The lowest BCUT2D eigenvalue weighted by Crippen LogP contribution is -2.30. The van der Waals surface area contributed by atoms with Gasteiger partial charge in [-0.15, -0.1) is 0 Å². The van der Waals surface area contributed by atoms with Gasteiger partial charge in [-0.2, -0.15) is 0 Å². The Bertz CT molecular complexity index is 796. The minimum absolute atomic E-state index is 0.0639. The van der Waals surface area contributed by atoms with E-state index in [0.29, 0.717) is 19.3 Å². The van der Waals surface area contributed by atoms with Crippen LogP contribution in [-0.2, 0) is 28.6 Å². The van der Waals surface area contributed by atoms with Crippen LogP contribution in [0.4, 0.5) is 0 Å². The summed E-state index contributed by atoms with van der Waals surface area (Å²) in [5.74, 6) is -0.0241. The zero-order valence-corrected chi connectivity index (χ0v) is 36.0. The van der Waals surface area contributed by atoms with Gasteiger partial charge in [0.15, 0.2) is 6.10 Å². The summed E-state index contributed by atoms with van der Waals surface area (Å²) in [5.41, 5.74) is 0. The van der Waals surface area contributed by atoms with E-state index >= 15 is 0 Å². The first-order chi connectivity index (χ1) is 25.9. The van der Waals surface area contributed by atoms with Crippen LogP contribution >= 0.6 is 0 Å². The standard InChI is InChI=1S/C47H90O6/c1-5-7-9-11-13-14-15-16-21-24-28-32-36-40-47(50)53-44(41-51-45(48)38-34-30-25-12-10-8-6-2)42-52-46(49)39-35-31-27-23-20-18-17-19-22-26-29-33-37-43(3)4/h43-44H,5-42H2,1-4H3/t44-/m1/s1. The van der Waals surface area contributed by atoms with Crippen LogP contribution in [0.1, 0.15) is 259 Å². The Morgan fingerprint density at radius 3 is 0.925 bits per heavy atom. The fourth-order valence-electron chi connectivity index (χ4n) is 6.98. The van der Waals surface area contributed by atoms with Gasteiger partial charge in [0.05, 0.1) is 0 Å². The second-order valence-electron chi connectivity index (χ2n) is 16.5. The van der Waals surface area contributed by atoms with E-state index in [2.05, 4.69) is 27.7 Å². The van der Waals surface area contributed by atoms with Crippen LogP contribution in [0.5, 0.6) is 0 Å². The van der Waals surface area contributed by atoms with Crippen molar-refractivity contribution in [1.29, 1.82) is 0 Å².